The van der Waals surface area contributed by atoms with Crippen molar-refractivity contribution in [3.8, 4) is 11.5 Å². The third-order valence-corrected chi connectivity index (χ3v) is 3.57. The van der Waals surface area contributed by atoms with Crippen molar-refractivity contribution in [3.63, 3.8) is 0 Å². The minimum Gasteiger partial charge on any atom is -0.419 e. The van der Waals surface area contributed by atoms with E-state index in [4.69, 9.17) is 27.6 Å². The highest BCUT2D eigenvalue weighted by Gasteiger charge is 2.10. The Balaban J connectivity index is 1.64. The summed E-state index contributed by atoms with van der Waals surface area (Å²) in [5.41, 5.74) is 1.27. The van der Waals surface area contributed by atoms with Crippen molar-refractivity contribution >= 4 is 29.1 Å². The van der Waals surface area contributed by atoms with E-state index in [9.17, 15) is 4.79 Å². The van der Waals surface area contributed by atoms with Gasteiger partial charge >= 0.3 is 0 Å². The number of carbonyl (C=O) groups is 1. The highest BCUT2D eigenvalue weighted by molar-refractivity contribution is 6.30. The number of amides is 1. The standard InChI is InChI=1S/C16H11Cl2N3O2/c17-12-5-1-10(2-6-12)15(22)19-9-14-20-21-16(23-14)11-3-7-13(18)8-4-11/h1-8H,9H2,(H,19,22). The Bertz CT molecular complexity index is 814. The molecule has 1 aromatic heterocycles. The van der Waals surface area contributed by atoms with E-state index in [1.807, 2.05) is 0 Å². The van der Waals surface area contributed by atoms with Gasteiger partial charge < -0.3 is 9.73 Å². The zero-order valence-electron chi connectivity index (χ0n) is 11.8. The van der Waals surface area contributed by atoms with Crippen LogP contribution in [0.2, 0.25) is 10.0 Å². The van der Waals surface area contributed by atoms with Gasteiger partial charge in [0.1, 0.15) is 0 Å². The second-order valence-corrected chi connectivity index (χ2v) is 5.57. The summed E-state index contributed by atoms with van der Waals surface area (Å²) >= 11 is 11.6. The predicted octanol–water partition coefficient (Wildman–Crippen LogP) is 3.97. The highest BCUT2D eigenvalue weighted by atomic mass is 35.5. The molecule has 0 radical (unpaired) electrons. The number of hydrogen-bond acceptors (Lipinski definition) is 4. The van der Waals surface area contributed by atoms with Crippen molar-refractivity contribution in [2.24, 2.45) is 0 Å². The lowest BCUT2D eigenvalue weighted by Crippen LogP contribution is -2.22. The SMILES string of the molecule is O=C(NCc1nnc(-c2ccc(Cl)cc2)o1)c1ccc(Cl)cc1. The molecule has 0 saturated carbocycles. The maximum atomic E-state index is 12.0. The summed E-state index contributed by atoms with van der Waals surface area (Å²) in [6.07, 6.45) is 0. The third-order valence-electron chi connectivity index (χ3n) is 3.06. The summed E-state index contributed by atoms with van der Waals surface area (Å²) in [5.74, 6) is 0.447. The first-order valence-corrected chi connectivity index (χ1v) is 7.49. The van der Waals surface area contributed by atoms with E-state index in [-0.39, 0.29) is 12.5 Å². The lowest BCUT2D eigenvalue weighted by atomic mass is 10.2. The van der Waals surface area contributed by atoms with E-state index >= 15 is 0 Å². The molecule has 0 aliphatic heterocycles. The summed E-state index contributed by atoms with van der Waals surface area (Å²) in [5, 5.41) is 11.8. The van der Waals surface area contributed by atoms with Crippen molar-refractivity contribution in [2.45, 2.75) is 6.54 Å². The van der Waals surface area contributed by atoms with Crippen LogP contribution in [0.5, 0.6) is 0 Å². The Morgan fingerprint density at radius 1 is 0.957 bits per heavy atom. The average Bonchev–Trinajstić information content (AvgIpc) is 3.03. The Hall–Kier alpha value is -2.37. The van der Waals surface area contributed by atoms with Gasteiger partial charge in [-0.25, -0.2) is 0 Å². The number of nitrogens with one attached hydrogen (secondary N) is 1. The molecule has 1 heterocycles. The molecule has 7 heteroatoms. The molecular weight excluding hydrogens is 337 g/mol. The van der Waals surface area contributed by atoms with Crippen LogP contribution in [0, 0.1) is 0 Å². The van der Waals surface area contributed by atoms with Crippen LogP contribution < -0.4 is 5.32 Å². The van der Waals surface area contributed by atoms with E-state index in [0.717, 1.165) is 5.56 Å². The molecule has 0 aliphatic carbocycles. The maximum Gasteiger partial charge on any atom is 0.251 e. The first-order chi connectivity index (χ1) is 11.1. The largest absolute Gasteiger partial charge is 0.419 e. The molecule has 0 fully saturated rings. The molecule has 23 heavy (non-hydrogen) atoms. The first kappa shape index (κ1) is 15.5. The molecule has 2 aromatic carbocycles. The van der Waals surface area contributed by atoms with Crippen molar-refractivity contribution in [1.82, 2.24) is 15.5 Å². The summed E-state index contributed by atoms with van der Waals surface area (Å²) < 4.78 is 5.51. The molecule has 0 atom stereocenters. The van der Waals surface area contributed by atoms with Crippen molar-refractivity contribution in [2.75, 3.05) is 0 Å². The Morgan fingerprint density at radius 3 is 2.22 bits per heavy atom. The number of hydrogen-bond donors (Lipinski definition) is 1. The van der Waals surface area contributed by atoms with Gasteiger partial charge in [0.2, 0.25) is 11.8 Å². The van der Waals surface area contributed by atoms with Crippen LogP contribution in [0.25, 0.3) is 11.5 Å². The molecule has 0 bridgehead atoms. The first-order valence-electron chi connectivity index (χ1n) is 6.74. The van der Waals surface area contributed by atoms with Crippen molar-refractivity contribution in [1.29, 1.82) is 0 Å². The molecule has 1 amide bonds. The second kappa shape index (κ2) is 6.81. The lowest BCUT2D eigenvalue weighted by Gasteiger charge is -2.02. The van der Waals surface area contributed by atoms with Gasteiger partial charge in [0.25, 0.3) is 5.91 Å². The van der Waals surface area contributed by atoms with Crippen LogP contribution in [0.15, 0.2) is 52.9 Å². The minimum atomic E-state index is -0.243. The van der Waals surface area contributed by atoms with Crippen molar-refractivity contribution in [3.05, 3.63) is 70.0 Å². The summed E-state index contributed by atoms with van der Waals surface area (Å²) in [6.45, 7) is 0.141. The molecule has 116 valence electrons. The summed E-state index contributed by atoms with van der Waals surface area (Å²) in [4.78, 5) is 12.0. The monoisotopic (exact) mass is 347 g/mol. The van der Waals surface area contributed by atoms with E-state index in [0.29, 0.717) is 27.4 Å². The number of aromatic nitrogens is 2. The van der Waals surface area contributed by atoms with Gasteiger partial charge in [0.15, 0.2) is 0 Å². The fraction of sp³-hybridized carbons (Fsp3) is 0.0625. The maximum absolute atomic E-state index is 12.0. The number of halogens is 2. The number of benzene rings is 2. The fourth-order valence-electron chi connectivity index (χ4n) is 1.89. The molecule has 1 N–H and O–H groups in total. The molecule has 0 aliphatic rings. The van der Waals surface area contributed by atoms with Crippen molar-refractivity contribution < 1.29 is 9.21 Å². The van der Waals surface area contributed by atoms with Gasteiger partial charge in [-0.05, 0) is 48.5 Å². The van der Waals surface area contributed by atoms with E-state index < -0.39 is 0 Å². The van der Waals surface area contributed by atoms with E-state index in [1.54, 1.807) is 48.5 Å². The van der Waals surface area contributed by atoms with E-state index in [1.165, 1.54) is 0 Å². The normalized spacial score (nSPS) is 10.5. The van der Waals surface area contributed by atoms with Gasteiger partial charge in [-0.2, -0.15) is 0 Å². The third kappa shape index (κ3) is 3.88. The lowest BCUT2D eigenvalue weighted by molar-refractivity contribution is 0.0947. The highest BCUT2D eigenvalue weighted by Crippen LogP contribution is 2.20. The number of nitrogens with zero attached hydrogens (tertiary/aromatic N) is 2. The van der Waals surface area contributed by atoms with E-state index in [2.05, 4.69) is 15.5 Å². The van der Waals surface area contributed by atoms with Gasteiger partial charge in [-0.1, -0.05) is 23.2 Å². The zero-order chi connectivity index (χ0) is 16.2. The van der Waals surface area contributed by atoms with Gasteiger partial charge in [0, 0.05) is 21.2 Å². The summed E-state index contributed by atoms with van der Waals surface area (Å²) in [7, 11) is 0. The average molecular weight is 348 g/mol. The van der Waals surface area contributed by atoms with Gasteiger partial charge in [-0.3, -0.25) is 4.79 Å². The van der Waals surface area contributed by atoms with Crippen LogP contribution in [0.3, 0.4) is 0 Å². The molecule has 0 unspecified atom stereocenters. The molecule has 0 saturated heterocycles. The van der Waals surface area contributed by atoms with Crippen LogP contribution in [-0.4, -0.2) is 16.1 Å². The smallest absolute Gasteiger partial charge is 0.251 e. The second-order valence-electron chi connectivity index (χ2n) is 4.70. The van der Waals surface area contributed by atoms with Gasteiger partial charge in [0.05, 0.1) is 6.54 Å². The molecule has 3 rings (SSSR count). The molecule has 3 aromatic rings. The molecule has 5 nitrogen and oxygen atoms in total. The fourth-order valence-corrected chi connectivity index (χ4v) is 2.15. The molecular formula is C16H11Cl2N3O2. The number of carbonyl (C=O) groups excluding carboxylic acids is 1. The summed E-state index contributed by atoms with van der Waals surface area (Å²) in [6, 6.07) is 13.6. The molecule has 0 spiro atoms. The predicted molar refractivity (Wildman–Crippen MR) is 87.4 cm³/mol. The van der Waals surface area contributed by atoms with Crippen LogP contribution >= 0.6 is 23.2 Å². The van der Waals surface area contributed by atoms with Gasteiger partial charge in [-0.15, -0.1) is 10.2 Å². The number of rotatable bonds is 4. The zero-order valence-corrected chi connectivity index (χ0v) is 13.3. The topological polar surface area (TPSA) is 68.0 Å². The van der Waals surface area contributed by atoms with Crippen LogP contribution in [0.4, 0.5) is 0 Å². The quantitative estimate of drug-likeness (QED) is 0.775. The minimum absolute atomic E-state index is 0.141. The Labute approximate surface area is 142 Å². The Kier molecular flexibility index (Phi) is 4.60. The Morgan fingerprint density at radius 2 is 1.57 bits per heavy atom. The van der Waals surface area contributed by atoms with Crippen LogP contribution in [-0.2, 0) is 6.54 Å². The van der Waals surface area contributed by atoms with Crippen LogP contribution in [0.1, 0.15) is 16.2 Å².